The number of carbonyl (C=O) groups excluding carboxylic acids is 1. The van der Waals surface area contributed by atoms with Crippen LogP contribution in [0.15, 0.2) is 76.5 Å². The van der Waals surface area contributed by atoms with Gasteiger partial charge in [0.25, 0.3) is 0 Å². The fourth-order valence-corrected chi connectivity index (χ4v) is 4.34. The lowest BCUT2D eigenvalue weighted by molar-refractivity contribution is 0.137. The van der Waals surface area contributed by atoms with Crippen LogP contribution in [-0.2, 0) is 11.3 Å². The maximum Gasteiger partial charge on any atom is 0.407 e. The highest BCUT2D eigenvalue weighted by atomic mass is 32.2. The third-order valence-corrected chi connectivity index (χ3v) is 5.91. The highest BCUT2D eigenvalue weighted by molar-refractivity contribution is 7.99. The number of methoxy groups -OCH3 is 1. The van der Waals surface area contributed by atoms with Gasteiger partial charge in [0, 0.05) is 32.7 Å². The lowest BCUT2D eigenvalue weighted by Gasteiger charge is -2.12. The van der Waals surface area contributed by atoms with Crippen LogP contribution in [0, 0.1) is 0 Å². The number of rotatable bonds is 6. The van der Waals surface area contributed by atoms with E-state index in [0.29, 0.717) is 0 Å². The number of ether oxygens (including phenoxy) is 2. The van der Waals surface area contributed by atoms with Crippen molar-refractivity contribution < 1.29 is 14.3 Å². The molecule has 0 fully saturated rings. The number of fused-ring (bicyclic) bond motifs is 2. The van der Waals surface area contributed by atoms with E-state index >= 15 is 0 Å². The molecule has 1 amide bonds. The van der Waals surface area contributed by atoms with Gasteiger partial charge in [-0.25, -0.2) is 9.78 Å². The number of carbonyl (C=O) groups is 1. The zero-order chi connectivity index (χ0) is 21.8. The van der Waals surface area contributed by atoms with Gasteiger partial charge in [-0.2, -0.15) is 0 Å². The summed E-state index contributed by atoms with van der Waals surface area (Å²) in [7, 11) is 1.66. The second-order valence-corrected chi connectivity index (χ2v) is 8.55. The van der Waals surface area contributed by atoms with Gasteiger partial charge in [0.1, 0.15) is 12.4 Å². The van der Waals surface area contributed by atoms with Gasteiger partial charge < -0.3 is 14.8 Å². The molecule has 1 aromatic heterocycles. The van der Waals surface area contributed by atoms with Crippen LogP contribution in [0.3, 0.4) is 0 Å². The van der Waals surface area contributed by atoms with Gasteiger partial charge in [-0.05, 0) is 49.7 Å². The summed E-state index contributed by atoms with van der Waals surface area (Å²) in [5, 5.41) is 4.92. The van der Waals surface area contributed by atoms with E-state index in [2.05, 4.69) is 17.4 Å². The quantitative estimate of drug-likeness (QED) is 0.369. The second kappa shape index (κ2) is 9.27. The first-order valence-corrected chi connectivity index (χ1v) is 10.9. The summed E-state index contributed by atoms with van der Waals surface area (Å²) in [5.41, 5.74) is 2.80. The fraction of sp³-hybridized carbons (Fsp3) is 0.200. The summed E-state index contributed by atoms with van der Waals surface area (Å²) < 4.78 is 10.6. The Morgan fingerprint density at radius 2 is 1.74 bits per heavy atom. The van der Waals surface area contributed by atoms with Gasteiger partial charge in [-0.1, -0.05) is 42.1 Å². The lowest BCUT2D eigenvalue weighted by Crippen LogP contribution is -2.30. The number of hydrogen-bond donors (Lipinski definition) is 1. The Balaban J connectivity index is 1.61. The van der Waals surface area contributed by atoms with Crippen LogP contribution in [0.1, 0.15) is 19.4 Å². The molecule has 0 aliphatic carbocycles. The average Bonchev–Trinajstić information content (AvgIpc) is 2.77. The molecule has 0 aliphatic rings. The van der Waals surface area contributed by atoms with Crippen LogP contribution in [0.2, 0.25) is 0 Å². The molecular formula is C25H24N2O3S. The Kier molecular flexibility index (Phi) is 6.28. The molecule has 158 valence electrons. The van der Waals surface area contributed by atoms with E-state index in [4.69, 9.17) is 14.5 Å². The topological polar surface area (TPSA) is 60.5 Å². The predicted octanol–water partition coefficient (Wildman–Crippen LogP) is 6.18. The molecular weight excluding hydrogens is 408 g/mol. The molecule has 1 N–H and O–H groups in total. The number of aromatic nitrogens is 1. The van der Waals surface area contributed by atoms with Crippen LogP contribution >= 0.6 is 11.8 Å². The van der Waals surface area contributed by atoms with Crippen LogP contribution in [0.5, 0.6) is 5.75 Å². The van der Waals surface area contributed by atoms with Gasteiger partial charge in [-0.15, -0.1) is 0 Å². The number of benzene rings is 3. The predicted molar refractivity (Wildman–Crippen MR) is 125 cm³/mol. The van der Waals surface area contributed by atoms with Crippen molar-refractivity contribution in [2.24, 2.45) is 0 Å². The van der Waals surface area contributed by atoms with Crippen molar-refractivity contribution in [3.05, 3.63) is 72.3 Å². The average molecular weight is 433 g/mol. The lowest BCUT2D eigenvalue weighted by atomic mass is 10.1. The van der Waals surface area contributed by atoms with Gasteiger partial charge >= 0.3 is 6.09 Å². The minimum atomic E-state index is -0.404. The minimum Gasteiger partial charge on any atom is -0.497 e. The molecule has 0 atom stereocenters. The molecule has 0 bridgehead atoms. The SMILES string of the molecule is COc1ccc2c(Sc3ccc(COC(=O)NC(C)C)cc3)c3ccccc3nc2c1. The van der Waals surface area contributed by atoms with Crippen LogP contribution in [0.25, 0.3) is 21.8 Å². The number of pyridine rings is 1. The molecule has 31 heavy (non-hydrogen) atoms. The van der Waals surface area contributed by atoms with Crippen molar-refractivity contribution in [3.8, 4) is 5.75 Å². The Morgan fingerprint density at radius 1 is 1.00 bits per heavy atom. The zero-order valence-corrected chi connectivity index (χ0v) is 18.5. The van der Waals surface area contributed by atoms with Crippen LogP contribution in [-0.4, -0.2) is 24.2 Å². The number of amides is 1. The van der Waals surface area contributed by atoms with Crippen molar-refractivity contribution in [2.45, 2.75) is 36.3 Å². The largest absolute Gasteiger partial charge is 0.497 e. The molecule has 3 aromatic carbocycles. The van der Waals surface area contributed by atoms with E-state index in [-0.39, 0.29) is 12.6 Å². The molecule has 0 saturated heterocycles. The van der Waals surface area contributed by atoms with E-state index in [1.165, 1.54) is 0 Å². The second-order valence-electron chi connectivity index (χ2n) is 7.46. The zero-order valence-electron chi connectivity index (χ0n) is 17.7. The minimum absolute atomic E-state index is 0.0521. The molecule has 0 radical (unpaired) electrons. The summed E-state index contributed by atoms with van der Waals surface area (Å²) in [4.78, 5) is 18.8. The molecule has 0 spiro atoms. The monoisotopic (exact) mass is 432 g/mol. The van der Waals surface area contributed by atoms with Gasteiger partial charge in [0.2, 0.25) is 0 Å². The third kappa shape index (κ3) is 4.91. The van der Waals surface area contributed by atoms with Gasteiger partial charge in [0.15, 0.2) is 0 Å². The molecule has 0 aliphatic heterocycles. The fourth-order valence-electron chi connectivity index (χ4n) is 3.27. The van der Waals surface area contributed by atoms with E-state index in [9.17, 15) is 4.79 Å². The molecule has 0 unspecified atom stereocenters. The Bertz CT molecular complexity index is 1220. The van der Waals surface area contributed by atoms with Crippen molar-refractivity contribution in [3.63, 3.8) is 0 Å². The van der Waals surface area contributed by atoms with Crippen molar-refractivity contribution in [2.75, 3.05) is 7.11 Å². The first-order chi connectivity index (χ1) is 15.0. The number of alkyl carbamates (subject to hydrolysis) is 1. The number of nitrogens with one attached hydrogen (secondary N) is 1. The maximum atomic E-state index is 11.7. The number of hydrogen-bond acceptors (Lipinski definition) is 5. The highest BCUT2D eigenvalue weighted by Crippen LogP contribution is 2.39. The summed E-state index contributed by atoms with van der Waals surface area (Å²) in [6.07, 6.45) is -0.404. The van der Waals surface area contributed by atoms with Gasteiger partial charge in [0.05, 0.1) is 18.1 Å². The standard InChI is InChI=1S/C25H24N2O3S/c1-16(2)26-25(28)30-15-17-8-11-19(12-9-17)31-24-20-6-4-5-7-22(20)27-23-14-18(29-3)10-13-21(23)24/h4-14,16H,15H2,1-3H3,(H,26,28). The number of para-hydroxylation sites is 1. The Hall–Kier alpha value is -3.25. The molecule has 0 saturated carbocycles. The third-order valence-electron chi connectivity index (χ3n) is 4.76. The number of nitrogens with zero attached hydrogens (tertiary/aromatic N) is 1. The van der Waals surface area contributed by atoms with Crippen LogP contribution in [0.4, 0.5) is 4.79 Å². The van der Waals surface area contributed by atoms with Crippen molar-refractivity contribution in [1.29, 1.82) is 0 Å². The highest BCUT2D eigenvalue weighted by Gasteiger charge is 2.12. The maximum absolute atomic E-state index is 11.7. The summed E-state index contributed by atoms with van der Waals surface area (Å²) >= 11 is 1.70. The van der Waals surface area contributed by atoms with E-state index in [1.54, 1.807) is 18.9 Å². The summed E-state index contributed by atoms with van der Waals surface area (Å²) in [6, 6.07) is 22.3. The summed E-state index contributed by atoms with van der Waals surface area (Å²) in [5.74, 6) is 0.789. The van der Waals surface area contributed by atoms with Crippen molar-refractivity contribution in [1.82, 2.24) is 10.3 Å². The smallest absolute Gasteiger partial charge is 0.407 e. The van der Waals surface area contributed by atoms with Crippen LogP contribution < -0.4 is 10.1 Å². The van der Waals surface area contributed by atoms with E-state index in [1.807, 2.05) is 68.4 Å². The molecule has 4 aromatic rings. The molecule has 6 heteroatoms. The normalized spacial score (nSPS) is 11.1. The van der Waals surface area contributed by atoms with E-state index < -0.39 is 6.09 Å². The Labute approximate surface area is 185 Å². The summed E-state index contributed by atoms with van der Waals surface area (Å²) in [6.45, 7) is 4.04. The van der Waals surface area contributed by atoms with Crippen molar-refractivity contribution >= 4 is 39.7 Å². The van der Waals surface area contributed by atoms with Gasteiger partial charge in [-0.3, -0.25) is 0 Å². The molecule has 1 heterocycles. The first-order valence-electron chi connectivity index (χ1n) is 10.1. The van der Waals surface area contributed by atoms with E-state index in [0.717, 1.165) is 42.9 Å². The first kappa shape index (κ1) is 21.0. The Morgan fingerprint density at radius 3 is 2.48 bits per heavy atom. The molecule has 5 nitrogen and oxygen atoms in total. The molecule has 4 rings (SSSR count).